The van der Waals surface area contributed by atoms with Gasteiger partial charge in [-0.05, 0) is 41.8 Å². The van der Waals surface area contributed by atoms with Crippen molar-refractivity contribution in [2.45, 2.75) is 32.8 Å². The third-order valence-corrected chi connectivity index (χ3v) is 4.30. The highest BCUT2D eigenvalue weighted by atomic mass is 16.5. The minimum atomic E-state index is -0.645. The molecule has 0 saturated carbocycles. The maximum Gasteiger partial charge on any atom is 0.280 e. The van der Waals surface area contributed by atoms with Gasteiger partial charge < -0.3 is 4.74 Å². The van der Waals surface area contributed by atoms with Crippen LogP contribution in [0.3, 0.4) is 0 Å². The van der Waals surface area contributed by atoms with Crippen LogP contribution in [0.4, 0.5) is 0 Å². The van der Waals surface area contributed by atoms with Gasteiger partial charge in [-0.15, -0.1) is 0 Å². The van der Waals surface area contributed by atoms with E-state index in [9.17, 15) is 4.79 Å². The number of ether oxygens (including phenoxy) is 1. The normalized spacial score (nSPS) is 12.6. The molecule has 4 nitrogen and oxygen atoms in total. The molecule has 4 heteroatoms. The van der Waals surface area contributed by atoms with Gasteiger partial charge in [0.05, 0.1) is 5.71 Å². The first-order chi connectivity index (χ1) is 13.2. The molecule has 3 rings (SSSR count). The topological polar surface area (TPSA) is 50.7 Å². The summed E-state index contributed by atoms with van der Waals surface area (Å²) in [6.07, 6.45) is 1.10. The molecule has 138 valence electrons. The summed E-state index contributed by atoms with van der Waals surface area (Å²) in [5.41, 5.74) is 4.53. The highest BCUT2D eigenvalue weighted by Gasteiger charge is 2.15. The van der Waals surface area contributed by atoms with Crippen LogP contribution < -0.4 is 10.2 Å². The van der Waals surface area contributed by atoms with Gasteiger partial charge >= 0.3 is 0 Å². The van der Waals surface area contributed by atoms with Gasteiger partial charge in [-0.2, -0.15) is 5.10 Å². The van der Waals surface area contributed by atoms with Crippen molar-refractivity contribution < 1.29 is 9.53 Å². The molecule has 1 amide bonds. The minimum absolute atomic E-state index is 0.271. The lowest BCUT2D eigenvalue weighted by Crippen LogP contribution is -2.34. The molecule has 3 aromatic rings. The van der Waals surface area contributed by atoms with Crippen LogP contribution >= 0.6 is 0 Å². The SMILES string of the molecule is CCCC(=NNC(=O)C(C)Oc1ccc2ccccc2c1)c1ccccc1. The van der Waals surface area contributed by atoms with E-state index in [2.05, 4.69) is 17.5 Å². The van der Waals surface area contributed by atoms with Gasteiger partial charge in [0.15, 0.2) is 6.10 Å². The Bertz CT molecular complexity index is 935. The Kier molecular flexibility index (Phi) is 6.21. The third-order valence-electron chi connectivity index (χ3n) is 4.30. The van der Waals surface area contributed by atoms with Gasteiger partial charge in [-0.25, -0.2) is 5.43 Å². The number of rotatable bonds is 7. The first-order valence-electron chi connectivity index (χ1n) is 9.24. The summed E-state index contributed by atoms with van der Waals surface area (Å²) in [7, 11) is 0. The monoisotopic (exact) mass is 360 g/mol. The van der Waals surface area contributed by atoms with Gasteiger partial charge in [-0.1, -0.05) is 74.0 Å². The molecular weight excluding hydrogens is 336 g/mol. The molecule has 0 bridgehead atoms. The average Bonchev–Trinajstić information content (AvgIpc) is 2.71. The van der Waals surface area contributed by atoms with E-state index in [4.69, 9.17) is 4.74 Å². The summed E-state index contributed by atoms with van der Waals surface area (Å²) < 4.78 is 5.80. The maximum absolute atomic E-state index is 12.4. The summed E-state index contributed by atoms with van der Waals surface area (Å²) in [6, 6.07) is 23.7. The number of carbonyl (C=O) groups excluding carboxylic acids is 1. The molecule has 1 atom stereocenters. The Morgan fingerprint density at radius 2 is 1.70 bits per heavy atom. The zero-order valence-electron chi connectivity index (χ0n) is 15.7. The molecule has 0 aliphatic heterocycles. The Balaban J connectivity index is 1.66. The summed E-state index contributed by atoms with van der Waals surface area (Å²) in [5, 5.41) is 6.55. The fraction of sp³-hybridized carbons (Fsp3) is 0.217. The van der Waals surface area contributed by atoms with E-state index in [0.717, 1.165) is 34.9 Å². The van der Waals surface area contributed by atoms with Crippen molar-refractivity contribution in [2.75, 3.05) is 0 Å². The van der Waals surface area contributed by atoms with Gasteiger partial charge in [0.2, 0.25) is 0 Å². The van der Waals surface area contributed by atoms with Gasteiger partial charge in [0, 0.05) is 0 Å². The second kappa shape index (κ2) is 8.99. The van der Waals surface area contributed by atoms with Crippen LogP contribution in [0.1, 0.15) is 32.3 Å². The number of carbonyl (C=O) groups is 1. The summed E-state index contributed by atoms with van der Waals surface area (Å²) in [6.45, 7) is 3.81. The first-order valence-corrected chi connectivity index (χ1v) is 9.24. The molecular formula is C23H24N2O2. The van der Waals surface area contributed by atoms with E-state index in [0.29, 0.717) is 5.75 Å². The maximum atomic E-state index is 12.4. The van der Waals surface area contributed by atoms with E-state index in [-0.39, 0.29) is 5.91 Å². The molecule has 27 heavy (non-hydrogen) atoms. The first kappa shape index (κ1) is 18.6. The Labute approximate surface area is 159 Å². The predicted molar refractivity (Wildman–Crippen MR) is 110 cm³/mol. The number of hydrazone groups is 1. The highest BCUT2D eigenvalue weighted by Crippen LogP contribution is 2.21. The number of amides is 1. The van der Waals surface area contributed by atoms with Crippen LogP contribution in [-0.2, 0) is 4.79 Å². The van der Waals surface area contributed by atoms with E-state index < -0.39 is 6.10 Å². The van der Waals surface area contributed by atoms with Crippen molar-refractivity contribution >= 4 is 22.4 Å². The average molecular weight is 360 g/mol. The van der Waals surface area contributed by atoms with Crippen molar-refractivity contribution in [3.8, 4) is 5.75 Å². The van der Waals surface area contributed by atoms with Crippen molar-refractivity contribution in [1.82, 2.24) is 5.43 Å². The van der Waals surface area contributed by atoms with Gasteiger partial charge in [0.25, 0.3) is 5.91 Å². The Hall–Kier alpha value is -3.14. The van der Waals surface area contributed by atoms with Crippen LogP contribution in [0.5, 0.6) is 5.75 Å². The molecule has 0 radical (unpaired) electrons. The van der Waals surface area contributed by atoms with Crippen molar-refractivity contribution in [3.05, 3.63) is 78.4 Å². The van der Waals surface area contributed by atoms with Gasteiger partial charge in [0.1, 0.15) is 5.75 Å². The van der Waals surface area contributed by atoms with Gasteiger partial charge in [-0.3, -0.25) is 4.79 Å². The summed E-state index contributed by atoms with van der Waals surface area (Å²) in [4.78, 5) is 12.4. The quantitative estimate of drug-likeness (QED) is 0.480. The van der Waals surface area contributed by atoms with Crippen LogP contribution in [0, 0.1) is 0 Å². The zero-order chi connectivity index (χ0) is 19.1. The van der Waals surface area contributed by atoms with Crippen LogP contribution in [0.2, 0.25) is 0 Å². The number of nitrogens with zero attached hydrogens (tertiary/aromatic N) is 1. The zero-order valence-corrected chi connectivity index (χ0v) is 15.7. The van der Waals surface area contributed by atoms with Crippen LogP contribution in [0.25, 0.3) is 10.8 Å². The number of hydrogen-bond acceptors (Lipinski definition) is 3. The smallest absolute Gasteiger partial charge is 0.280 e. The Morgan fingerprint density at radius 3 is 2.44 bits per heavy atom. The van der Waals surface area contributed by atoms with E-state index in [1.54, 1.807) is 6.92 Å². The van der Waals surface area contributed by atoms with Crippen molar-refractivity contribution in [1.29, 1.82) is 0 Å². The molecule has 3 aromatic carbocycles. The van der Waals surface area contributed by atoms with E-state index in [1.165, 1.54) is 0 Å². The lowest BCUT2D eigenvalue weighted by molar-refractivity contribution is -0.127. The second-order valence-electron chi connectivity index (χ2n) is 6.42. The van der Waals surface area contributed by atoms with Crippen LogP contribution in [0.15, 0.2) is 77.9 Å². The highest BCUT2D eigenvalue weighted by molar-refractivity contribution is 6.01. The molecule has 0 heterocycles. The molecule has 0 fully saturated rings. The summed E-state index contributed by atoms with van der Waals surface area (Å²) >= 11 is 0. The largest absolute Gasteiger partial charge is 0.481 e. The molecule has 0 spiro atoms. The van der Waals surface area contributed by atoms with E-state index in [1.807, 2.05) is 72.8 Å². The fourth-order valence-corrected chi connectivity index (χ4v) is 2.84. The third kappa shape index (κ3) is 4.94. The van der Waals surface area contributed by atoms with E-state index >= 15 is 0 Å². The molecule has 0 aromatic heterocycles. The lowest BCUT2D eigenvalue weighted by atomic mass is 10.1. The summed E-state index contributed by atoms with van der Waals surface area (Å²) in [5.74, 6) is 0.393. The Morgan fingerprint density at radius 1 is 1.00 bits per heavy atom. The fourth-order valence-electron chi connectivity index (χ4n) is 2.84. The minimum Gasteiger partial charge on any atom is -0.481 e. The number of fused-ring (bicyclic) bond motifs is 1. The number of nitrogens with one attached hydrogen (secondary N) is 1. The molecule has 0 saturated heterocycles. The number of benzene rings is 3. The molecule has 0 aliphatic rings. The van der Waals surface area contributed by atoms with Crippen molar-refractivity contribution in [3.63, 3.8) is 0 Å². The predicted octanol–water partition coefficient (Wildman–Crippen LogP) is 4.93. The van der Waals surface area contributed by atoms with Crippen LogP contribution in [-0.4, -0.2) is 17.7 Å². The standard InChI is InChI=1S/C23H24N2O2/c1-3-9-22(19-11-5-4-6-12-19)24-25-23(26)17(2)27-21-15-14-18-10-7-8-13-20(18)16-21/h4-8,10-17H,3,9H2,1-2H3,(H,25,26). The molecule has 1 unspecified atom stereocenters. The van der Waals surface area contributed by atoms with Crippen molar-refractivity contribution in [2.24, 2.45) is 5.10 Å². The number of hydrogen-bond donors (Lipinski definition) is 1. The lowest BCUT2D eigenvalue weighted by Gasteiger charge is -2.14. The molecule has 0 aliphatic carbocycles. The second-order valence-corrected chi connectivity index (χ2v) is 6.42. The molecule has 1 N–H and O–H groups in total.